The number of nitrogens with zero attached hydrogens (tertiary/aromatic N) is 2. The third-order valence-electron chi connectivity index (χ3n) is 4.55. The largest absolute Gasteiger partial charge is 0.464 e. The summed E-state index contributed by atoms with van der Waals surface area (Å²) in [5, 5.41) is 2.59. The van der Waals surface area contributed by atoms with Gasteiger partial charge in [-0.1, -0.05) is 13.0 Å². The first-order valence-corrected chi connectivity index (χ1v) is 10.8. The summed E-state index contributed by atoms with van der Waals surface area (Å²) in [5.41, 5.74) is -0.366. The monoisotopic (exact) mass is 404 g/mol. The highest BCUT2D eigenvalue weighted by molar-refractivity contribution is 7.20. The maximum atomic E-state index is 13.6. The number of ether oxygens (including phenoxy) is 1. The molecule has 7 heteroatoms. The molecule has 144 valence electrons. The van der Waals surface area contributed by atoms with E-state index in [0.29, 0.717) is 17.6 Å². The Bertz CT molecular complexity index is 1030. The summed E-state index contributed by atoms with van der Waals surface area (Å²) in [6, 6.07) is 3.99. The van der Waals surface area contributed by atoms with Crippen LogP contribution in [0.5, 0.6) is 0 Å². The van der Waals surface area contributed by atoms with Gasteiger partial charge in [0, 0.05) is 21.7 Å². The van der Waals surface area contributed by atoms with Gasteiger partial charge in [-0.25, -0.2) is 9.78 Å². The summed E-state index contributed by atoms with van der Waals surface area (Å²) < 4.78 is 6.79. The molecule has 0 fully saturated rings. The Balaban J connectivity index is 2.37. The number of carbonyl (C=O) groups excluding carboxylic acids is 1. The van der Waals surface area contributed by atoms with E-state index in [2.05, 4.69) is 0 Å². The van der Waals surface area contributed by atoms with Crippen LogP contribution in [0.15, 0.2) is 22.3 Å². The van der Waals surface area contributed by atoms with Crippen molar-refractivity contribution in [2.45, 2.75) is 53.0 Å². The molecule has 0 saturated carbocycles. The van der Waals surface area contributed by atoms with Gasteiger partial charge in [0.05, 0.1) is 12.0 Å². The van der Waals surface area contributed by atoms with Crippen LogP contribution in [-0.2, 0) is 21.5 Å². The first-order valence-electron chi connectivity index (χ1n) is 9.09. The molecular formula is C20H24N2O3S2. The second-order valence-electron chi connectivity index (χ2n) is 6.89. The molecule has 0 radical (unpaired) electrons. The molecule has 27 heavy (non-hydrogen) atoms. The SMILES string of the molecule is CCCc1nc2sc(C)c(-c3cccs3)c2c(=O)n1C(C)(C)C(=O)OCC. The van der Waals surface area contributed by atoms with Crippen molar-refractivity contribution in [1.82, 2.24) is 9.55 Å². The van der Waals surface area contributed by atoms with Crippen LogP contribution in [0.2, 0.25) is 0 Å². The molecule has 0 saturated heterocycles. The fourth-order valence-corrected chi connectivity index (χ4v) is 5.23. The predicted octanol–water partition coefficient (Wildman–Crippen LogP) is 4.75. The highest BCUT2D eigenvalue weighted by Gasteiger charge is 2.36. The summed E-state index contributed by atoms with van der Waals surface area (Å²) in [6.45, 7) is 9.54. The summed E-state index contributed by atoms with van der Waals surface area (Å²) >= 11 is 3.13. The first-order chi connectivity index (χ1) is 12.8. The van der Waals surface area contributed by atoms with Crippen LogP contribution in [0, 0.1) is 6.92 Å². The van der Waals surface area contributed by atoms with E-state index < -0.39 is 11.5 Å². The normalized spacial score (nSPS) is 11.9. The molecule has 3 aromatic rings. The van der Waals surface area contributed by atoms with Crippen LogP contribution in [0.1, 0.15) is 44.8 Å². The van der Waals surface area contributed by atoms with E-state index in [-0.39, 0.29) is 12.2 Å². The molecule has 0 aliphatic carbocycles. The van der Waals surface area contributed by atoms with E-state index in [4.69, 9.17) is 9.72 Å². The molecule has 3 heterocycles. The van der Waals surface area contributed by atoms with Crippen molar-refractivity contribution in [3.63, 3.8) is 0 Å². The number of carbonyl (C=O) groups is 1. The minimum atomic E-state index is -1.12. The lowest BCUT2D eigenvalue weighted by atomic mass is 10.0. The van der Waals surface area contributed by atoms with E-state index in [1.54, 1.807) is 36.7 Å². The van der Waals surface area contributed by atoms with Crippen molar-refractivity contribution in [1.29, 1.82) is 0 Å². The van der Waals surface area contributed by atoms with Gasteiger partial charge in [0.2, 0.25) is 0 Å². The number of rotatable bonds is 6. The number of thiophene rings is 2. The highest BCUT2D eigenvalue weighted by atomic mass is 32.1. The standard InChI is InChI=1S/C20H24N2O3S2/c1-6-9-14-21-17-16(15(12(3)27-17)13-10-8-11-26-13)18(23)22(14)20(4,5)19(24)25-7-2/h8,10-11H,6-7,9H2,1-5H3. The zero-order valence-corrected chi connectivity index (χ0v) is 17.9. The van der Waals surface area contributed by atoms with Gasteiger partial charge in [0.1, 0.15) is 16.2 Å². The number of aromatic nitrogens is 2. The molecule has 0 spiro atoms. The molecule has 0 unspecified atom stereocenters. The van der Waals surface area contributed by atoms with Crippen molar-refractivity contribution in [3.05, 3.63) is 38.6 Å². The van der Waals surface area contributed by atoms with Crippen LogP contribution < -0.4 is 5.56 Å². The van der Waals surface area contributed by atoms with E-state index in [1.165, 1.54) is 11.3 Å². The van der Waals surface area contributed by atoms with E-state index >= 15 is 0 Å². The van der Waals surface area contributed by atoms with Gasteiger partial charge in [0.15, 0.2) is 0 Å². The molecule has 0 bridgehead atoms. The quantitative estimate of drug-likeness (QED) is 0.557. The highest BCUT2D eigenvalue weighted by Crippen LogP contribution is 2.38. The molecule has 0 atom stereocenters. The smallest absolute Gasteiger partial charge is 0.331 e. The summed E-state index contributed by atoms with van der Waals surface area (Å²) in [7, 11) is 0. The van der Waals surface area contributed by atoms with Gasteiger partial charge in [-0.15, -0.1) is 22.7 Å². The number of hydrogen-bond donors (Lipinski definition) is 0. The number of aryl methyl sites for hydroxylation is 2. The number of hydrogen-bond acceptors (Lipinski definition) is 6. The van der Waals surface area contributed by atoms with Crippen LogP contribution in [0.4, 0.5) is 0 Å². The van der Waals surface area contributed by atoms with Crippen molar-refractivity contribution < 1.29 is 9.53 Å². The van der Waals surface area contributed by atoms with Gasteiger partial charge >= 0.3 is 5.97 Å². The number of fused-ring (bicyclic) bond motifs is 1. The molecular weight excluding hydrogens is 380 g/mol. The lowest BCUT2D eigenvalue weighted by Gasteiger charge is -2.27. The predicted molar refractivity (Wildman–Crippen MR) is 112 cm³/mol. The summed E-state index contributed by atoms with van der Waals surface area (Å²) in [5.74, 6) is 0.210. The third kappa shape index (κ3) is 3.34. The van der Waals surface area contributed by atoms with Crippen molar-refractivity contribution in [2.24, 2.45) is 0 Å². The molecule has 0 aromatic carbocycles. The third-order valence-corrected chi connectivity index (χ3v) is 6.43. The second-order valence-corrected chi connectivity index (χ2v) is 9.04. The Morgan fingerprint density at radius 3 is 2.67 bits per heavy atom. The van der Waals surface area contributed by atoms with Crippen LogP contribution in [-0.4, -0.2) is 22.1 Å². The van der Waals surface area contributed by atoms with Gasteiger partial charge in [0.25, 0.3) is 5.56 Å². The minimum Gasteiger partial charge on any atom is -0.464 e. The Hall–Kier alpha value is -1.99. The van der Waals surface area contributed by atoms with Crippen molar-refractivity contribution in [3.8, 4) is 10.4 Å². The van der Waals surface area contributed by atoms with E-state index in [0.717, 1.165) is 26.6 Å². The maximum Gasteiger partial charge on any atom is 0.331 e. The fourth-order valence-electron chi connectivity index (χ4n) is 3.29. The van der Waals surface area contributed by atoms with E-state index in [1.807, 2.05) is 31.4 Å². The molecule has 3 aromatic heterocycles. The average Bonchev–Trinajstić information content (AvgIpc) is 3.22. The van der Waals surface area contributed by atoms with Gasteiger partial charge < -0.3 is 4.74 Å². The molecule has 3 rings (SSSR count). The summed E-state index contributed by atoms with van der Waals surface area (Å²) in [6.07, 6.45) is 1.46. The number of esters is 1. The van der Waals surface area contributed by atoms with Gasteiger partial charge in [-0.3, -0.25) is 9.36 Å². The second kappa shape index (κ2) is 7.56. The van der Waals surface area contributed by atoms with Crippen molar-refractivity contribution in [2.75, 3.05) is 6.61 Å². The lowest BCUT2D eigenvalue weighted by Crippen LogP contribution is -2.45. The Kier molecular flexibility index (Phi) is 5.53. The zero-order valence-electron chi connectivity index (χ0n) is 16.3. The molecule has 0 aliphatic rings. The van der Waals surface area contributed by atoms with Crippen LogP contribution >= 0.6 is 22.7 Å². The van der Waals surface area contributed by atoms with Crippen molar-refractivity contribution >= 4 is 38.9 Å². The minimum absolute atomic E-state index is 0.172. The van der Waals surface area contributed by atoms with Gasteiger partial charge in [-0.2, -0.15) is 0 Å². The Morgan fingerprint density at radius 2 is 2.07 bits per heavy atom. The van der Waals surface area contributed by atoms with Crippen LogP contribution in [0.25, 0.3) is 20.7 Å². The van der Waals surface area contributed by atoms with Crippen LogP contribution in [0.3, 0.4) is 0 Å². The summed E-state index contributed by atoms with van der Waals surface area (Å²) in [4.78, 5) is 33.9. The molecule has 0 amide bonds. The zero-order chi connectivity index (χ0) is 19.8. The Morgan fingerprint density at radius 1 is 1.33 bits per heavy atom. The lowest BCUT2D eigenvalue weighted by molar-refractivity contribution is -0.152. The molecule has 0 aliphatic heterocycles. The molecule has 0 N–H and O–H groups in total. The topological polar surface area (TPSA) is 61.2 Å². The molecule has 5 nitrogen and oxygen atoms in total. The maximum absolute atomic E-state index is 13.6. The Labute approximate surface area is 166 Å². The average molecular weight is 405 g/mol. The fraction of sp³-hybridized carbons (Fsp3) is 0.450. The van der Waals surface area contributed by atoms with E-state index in [9.17, 15) is 9.59 Å². The first kappa shape index (κ1) is 19.8. The van der Waals surface area contributed by atoms with Gasteiger partial charge in [-0.05, 0) is 45.6 Å².